The second-order valence-electron chi connectivity index (χ2n) is 8.04. The predicted molar refractivity (Wildman–Crippen MR) is 119 cm³/mol. The lowest BCUT2D eigenvalue weighted by Crippen LogP contribution is -2.32. The number of nitrogens with one attached hydrogen (secondary N) is 2. The molecule has 0 atom stereocenters. The Balaban J connectivity index is 1.86. The van der Waals surface area contributed by atoms with Gasteiger partial charge in [-0.3, -0.25) is 4.40 Å². The molecule has 0 spiro atoms. The summed E-state index contributed by atoms with van der Waals surface area (Å²) in [6.07, 6.45) is 1.20. The molecule has 3 aromatic heterocycles. The maximum Gasteiger partial charge on any atom is 0.407 e. The molecule has 1 amide bonds. The van der Waals surface area contributed by atoms with Crippen molar-refractivity contribution in [3.63, 3.8) is 0 Å². The molecule has 12 heteroatoms. The number of tetrazole rings is 1. The standard InChI is InChI=1S/C20H20Cl2N8O2/c1-10-13(8-23-19(31)32-20(2,3)4)16(12-6-5-11(21)7-14(12)22)30-9-15(25-18(30)24-10)17-26-28-29-27-17/h5-7,9H,8H2,1-4H3,(H,23,31)(H,26,27,28,29). The monoisotopic (exact) mass is 474 g/mol. The molecule has 0 saturated carbocycles. The second-order valence-corrected chi connectivity index (χ2v) is 8.88. The van der Waals surface area contributed by atoms with Crippen molar-refractivity contribution in [1.29, 1.82) is 0 Å². The molecule has 0 bridgehead atoms. The number of aryl methyl sites for hydroxylation is 1. The molecular weight excluding hydrogens is 455 g/mol. The molecule has 0 radical (unpaired) electrons. The van der Waals surface area contributed by atoms with E-state index in [1.54, 1.807) is 43.5 Å². The van der Waals surface area contributed by atoms with Gasteiger partial charge in [-0.15, -0.1) is 10.2 Å². The minimum Gasteiger partial charge on any atom is -0.444 e. The number of alkyl carbamates (subject to hydrolysis) is 1. The number of nitrogens with zero attached hydrogens (tertiary/aromatic N) is 6. The normalized spacial score (nSPS) is 11.7. The van der Waals surface area contributed by atoms with Crippen LogP contribution < -0.4 is 5.32 Å². The number of ether oxygens (including phenoxy) is 1. The van der Waals surface area contributed by atoms with Gasteiger partial charge in [0, 0.05) is 28.0 Å². The molecule has 3 heterocycles. The molecule has 0 aliphatic rings. The highest BCUT2D eigenvalue weighted by Gasteiger charge is 2.22. The topological polar surface area (TPSA) is 123 Å². The Morgan fingerprint density at radius 1 is 1.25 bits per heavy atom. The van der Waals surface area contributed by atoms with Crippen molar-refractivity contribution >= 4 is 35.1 Å². The molecule has 2 N–H and O–H groups in total. The third-order valence-corrected chi connectivity index (χ3v) is 5.04. The van der Waals surface area contributed by atoms with Crippen molar-refractivity contribution in [2.45, 2.75) is 39.8 Å². The van der Waals surface area contributed by atoms with E-state index in [9.17, 15) is 4.79 Å². The highest BCUT2D eigenvalue weighted by atomic mass is 35.5. The maximum atomic E-state index is 12.3. The van der Waals surface area contributed by atoms with Crippen LogP contribution in [0.15, 0.2) is 24.4 Å². The van der Waals surface area contributed by atoms with E-state index in [1.807, 2.05) is 13.0 Å². The largest absolute Gasteiger partial charge is 0.444 e. The van der Waals surface area contributed by atoms with Crippen molar-refractivity contribution in [2.24, 2.45) is 0 Å². The predicted octanol–water partition coefficient (Wildman–Crippen LogP) is 4.22. The maximum absolute atomic E-state index is 12.3. The summed E-state index contributed by atoms with van der Waals surface area (Å²) in [5.41, 5.74) is 2.67. The molecule has 4 aromatic rings. The van der Waals surface area contributed by atoms with Gasteiger partial charge in [0.25, 0.3) is 0 Å². The summed E-state index contributed by atoms with van der Waals surface area (Å²) in [6.45, 7) is 7.40. The van der Waals surface area contributed by atoms with Gasteiger partial charge in [0.1, 0.15) is 11.3 Å². The first kappa shape index (κ1) is 22.0. The van der Waals surface area contributed by atoms with E-state index in [1.165, 1.54) is 0 Å². The smallest absolute Gasteiger partial charge is 0.407 e. The highest BCUT2D eigenvalue weighted by molar-refractivity contribution is 6.36. The molecule has 0 aliphatic carbocycles. The quantitative estimate of drug-likeness (QED) is 0.453. The molecule has 4 rings (SSSR count). The zero-order valence-corrected chi connectivity index (χ0v) is 19.3. The number of carbonyl (C=O) groups excluding carboxylic acids is 1. The second kappa shape index (κ2) is 8.36. The SMILES string of the molecule is Cc1nc2nc(-c3nn[nH]n3)cn2c(-c2ccc(Cl)cc2Cl)c1CNC(=O)OC(C)(C)C. The number of hydrogen-bond donors (Lipinski definition) is 2. The summed E-state index contributed by atoms with van der Waals surface area (Å²) in [4.78, 5) is 21.4. The Morgan fingerprint density at radius 3 is 2.69 bits per heavy atom. The van der Waals surface area contributed by atoms with Gasteiger partial charge >= 0.3 is 6.09 Å². The number of rotatable bonds is 4. The van der Waals surface area contributed by atoms with Crippen LogP contribution in [0.2, 0.25) is 10.0 Å². The van der Waals surface area contributed by atoms with E-state index >= 15 is 0 Å². The van der Waals surface area contributed by atoms with Crippen LogP contribution in [0, 0.1) is 6.92 Å². The van der Waals surface area contributed by atoms with E-state index in [0.29, 0.717) is 44.3 Å². The van der Waals surface area contributed by atoms with Crippen molar-refractivity contribution in [2.75, 3.05) is 0 Å². The van der Waals surface area contributed by atoms with Crippen LogP contribution in [0.4, 0.5) is 4.79 Å². The number of aromatic amines is 1. The Morgan fingerprint density at radius 2 is 2.03 bits per heavy atom. The number of imidazole rings is 1. The number of aromatic nitrogens is 7. The van der Waals surface area contributed by atoms with E-state index in [-0.39, 0.29) is 6.54 Å². The summed E-state index contributed by atoms with van der Waals surface area (Å²) >= 11 is 12.7. The average molecular weight is 475 g/mol. The van der Waals surface area contributed by atoms with E-state index in [0.717, 1.165) is 5.56 Å². The van der Waals surface area contributed by atoms with Crippen molar-refractivity contribution < 1.29 is 9.53 Å². The number of halogens is 2. The molecule has 0 saturated heterocycles. The van der Waals surface area contributed by atoms with E-state index < -0.39 is 11.7 Å². The van der Waals surface area contributed by atoms with Crippen molar-refractivity contribution in [3.05, 3.63) is 45.7 Å². The van der Waals surface area contributed by atoms with Crippen molar-refractivity contribution in [3.8, 4) is 22.8 Å². The number of H-pyrrole nitrogens is 1. The zero-order chi connectivity index (χ0) is 23.0. The van der Waals surface area contributed by atoms with Gasteiger partial charge in [0.2, 0.25) is 11.6 Å². The van der Waals surface area contributed by atoms with Crippen LogP contribution in [-0.4, -0.2) is 46.7 Å². The molecule has 1 aromatic carbocycles. The number of fused-ring (bicyclic) bond motifs is 1. The first-order valence-corrected chi connectivity index (χ1v) is 10.4. The summed E-state index contributed by atoms with van der Waals surface area (Å²) < 4.78 is 7.14. The molecular formula is C20H20Cl2N8O2. The Labute approximate surface area is 193 Å². The molecule has 32 heavy (non-hydrogen) atoms. The first-order valence-electron chi connectivity index (χ1n) is 9.67. The van der Waals surface area contributed by atoms with Gasteiger partial charge in [-0.2, -0.15) is 5.21 Å². The summed E-state index contributed by atoms with van der Waals surface area (Å²) in [6, 6.07) is 5.21. The highest BCUT2D eigenvalue weighted by Crippen LogP contribution is 2.34. The average Bonchev–Trinajstić information content (AvgIpc) is 3.34. The minimum atomic E-state index is -0.618. The van der Waals surface area contributed by atoms with Crippen LogP contribution in [0.1, 0.15) is 32.0 Å². The molecule has 0 unspecified atom stereocenters. The Hall–Kier alpha value is -3.24. The molecule has 0 aliphatic heterocycles. The van der Waals surface area contributed by atoms with Gasteiger partial charge in [0.05, 0.1) is 17.3 Å². The fourth-order valence-corrected chi connectivity index (χ4v) is 3.68. The van der Waals surface area contributed by atoms with Crippen LogP contribution in [0.3, 0.4) is 0 Å². The lowest BCUT2D eigenvalue weighted by molar-refractivity contribution is 0.0523. The third-order valence-electron chi connectivity index (χ3n) is 4.49. The fourth-order valence-electron chi connectivity index (χ4n) is 3.19. The number of amides is 1. The van der Waals surface area contributed by atoms with Crippen LogP contribution in [0.5, 0.6) is 0 Å². The summed E-state index contributed by atoms with van der Waals surface area (Å²) in [7, 11) is 0. The lowest BCUT2D eigenvalue weighted by atomic mass is 10.0. The Bertz CT molecular complexity index is 1300. The number of hydrogen-bond acceptors (Lipinski definition) is 7. The van der Waals surface area contributed by atoms with E-state index in [4.69, 9.17) is 27.9 Å². The fraction of sp³-hybridized carbons (Fsp3) is 0.300. The molecule has 10 nitrogen and oxygen atoms in total. The lowest BCUT2D eigenvalue weighted by Gasteiger charge is -2.21. The van der Waals surface area contributed by atoms with Crippen LogP contribution in [-0.2, 0) is 11.3 Å². The van der Waals surface area contributed by atoms with Crippen molar-refractivity contribution in [1.82, 2.24) is 40.3 Å². The summed E-state index contributed by atoms with van der Waals surface area (Å²) in [5.74, 6) is 0.749. The third kappa shape index (κ3) is 4.51. The number of benzene rings is 1. The van der Waals surface area contributed by atoms with Crippen LogP contribution >= 0.6 is 23.2 Å². The van der Waals surface area contributed by atoms with Gasteiger partial charge in [-0.25, -0.2) is 14.8 Å². The van der Waals surface area contributed by atoms with Gasteiger partial charge < -0.3 is 10.1 Å². The summed E-state index contributed by atoms with van der Waals surface area (Å²) in [5, 5.41) is 17.7. The number of carbonyl (C=O) groups is 1. The zero-order valence-electron chi connectivity index (χ0n) is 17.8. The van der Waals surface area contributed by atoms with E-state index in [2.05, 4.69) is 35.9 Å². The van der Waals surface area contributed by atoms with Gasteiger partial charge in [-0.05, 0) is 51.1 Å². The minimum absolute atomic E-state index is 0.160. The molecule has 166 valence electrons. The first-order chi connectivity index (χ1) is 15.1. The Kier molecular flexibility index (Phi) is 5.74. The van der Waals surface area contributed by atoms with Gasteiger partial charge in [-0.1, -0.05) is 23.2 Å². The molecule has 0 fully saturated rings. The van der Waals surface area contributed by atoms with Gasteiger partial charge in [0.15, 0.2) is 0 Å². The van der Waals surface area contributed by atoms with Crippen LogP contribution in [0.25, 0.3) is 28.6 Å².